The molecule has 1 aliphatic rings. The van der Waals surface area contributed by atoms with Crippen LogP contribution in [-0.4, -0.2) is 14.8 Å². The summed E-state index contributed by atoms with van der Waals surface area (Å²) >= 11 is 0. The predicted octanol–water partition coefficient (Wildman–Crippen LogP) is 0.585. The van der Waals surface area contributed by atoms with Crippen molar-refractivity contribution < 1.29 is 0 Å². The van der Waals surface area contributed by atoms with E-state index in [2.05, 4.69) is 10.2 Å². The zero-order chi connectivity index (χ0) is 6.97. The largest absolute Gasteiger partial charge is 0.368 e. The van der Waals surface area contributed by atoms with Gasteiger partial charge in [0.1, 0.15) is 6.33 Å². The van der Waals surface area contributed by atoms with Crippen LogP contribution >= 0.6 is 0 Å². The van der Waals surface area contributed by atoms with Gasteiger partial charge in [0, 0.05) is 6.04 Å². The molecule has 1 aromatic heterocycles. The first-order valence-electron chi connectivity index (χ1n) is 3.53. The van der Waals surface area contributed by atoms with Gasteiger partial charge in [0.2, 0.25) is 5.95 Å². The van der Waals surface area contributed by atoms with Crippen LogP contribution in [0.4, 0.5) is 5.95 Å². The van der Waals surface area contributed by atoms with Crippen molar-refractivity contribution in [2.24, 2.45) is 0 Å². The molecule has 0 aliphatic heterocycles. The minimum absolute atomic E-state index is 0.546. The Morgan fingerprint density at radius 1 is 1.60 bits per heavy atom. The number of nitrogen functional groups attached to an aromatic ring is 1. The van der Waals surface area contributed by atoms with Gasteiger partial charge >= 0.3 is 0 Å². The average Bonchev–Trinajstić information content (AvgIpc) is 2.12. The summed E-state index contributed by atoms with van der Waals surface area (Å²) in [4.78, 5) is 0. The van der Waals surface area contributed by atoms with Gasteiger partial charge in [-0.05, 0) is 19.3 Å². The molecule has 2 N–H and O–H groups in total. The highest BCUT2D eigenvalue weighted by Gasteiger charge is 2.20. The van der Waals surface area contributed by atoms with Crippen LogP contribution in [0.5, 0.6) is 0 Å². The summed E-state index contributed by atoms with van der Waals surface area (Å²) in [6.45, 7) is 0. The second kappa shape index (κ2) is 1.97. The maximum atomic E-state index is 5.54. The fraction of sp³-hybridized carbons (Fsp3) is 0.667. The summed E-state index contributed by atoms with van der Waals surface area (Å²) in [7, 11) is 0. The third-order valence-corrected chi connectivity index (χ3v) is 2.07. The van der Waals surface area contributed by atoms with Crippen molar-refractivity contribution in [2.75, 3.05) is 5.73 Å². The van der Waals surface area contributed by atoms with Gasteiger partial charge in [0.25, 0.3) is 0 Å². The van der Waals surface area contributed by atoms with Gasteiger partial charge in [-0.15, -0.1) is 10.2 Å². The Morgan fingerprint density at radius 3 is 2.80 bits per heavy atom. The van der Waals surface area contributed by atoms with E-state index in [0.717, 1.165) is 0 Å². The van der Waals surface area contributed by atoms with Crippen molar-refractivity contribution in [1.82, 2.24) is 14.8 Å². The Balaban J connectivity index is 2.23. The Hall–Kier alpha value is -1.06. The van der Waals surface area contributed by atoms with Crippen molar-refractivity contribution in [1.29, 1.82) is 0 Å². The SMILES string of the molecule is Nc1nncn1C1CCC1. The van der Waals surface area contributed by atoms with Crippen LogP contribution in [-0.2, 0) is 0 Å². The zero-order valence-corrected chi connectivity index (χ0v) is 5.70. The summed E-state index contributed by atoms with van der Waals surface area (Å²) < 4.78 is 1.95. The van der Waals surface area contributed by atoms with Crippen LogP contribution in [0.15, 0.2) is 6.33 Å². The normalized spacial score (nSPS) is 18.8. The van der Waals surface area contributed by atoms with E-state index < -0.39 is 0 Å². The van der Waals surface area contributed by atoms with Crippen LogP contribution in [0.3, 0.4) is 0 Å². The van der Waals surface area contributed by atoms with E-state index in [9.17, 15) is 0 Å². The van der Waals surface area contributed by atoms with Gasteiger partial charge in [-0.2, -0.15) is 0 Å². The van der Waals surface area contributed by atoms with Crippen molar-refractivity contribution in [3.63, 3.8) is 0 Å². The summed E-state index contributed by atoms with van der Waals surface area (Å²) in [6.07, 6.45) is 5.46. The van der Waals surface area contributed by atoms with E-state index in [1.54, 1.807) is 6.33 Å². The Labute approximate surface area is 59.1 Å². The molecule has 0 radical (unpaired) electrons. The lowest BCUT2D eigenvalue weighted by Gasteiger charge is -2.26. The standard InChI is InChI=1S/C6H10N4/c7-6-9-8-4-10(6)5-2-1-3-5/h4-5H,1-3H2,(H2,7,9). The monoisotopic (exact) mass is 138 g/mol. The number of aromatic nitrogens is 3. The zero-order valence-electron chi connectivity index (χ0n) is 5.70. The van der Waals surface area contributed by atoms with Crippen molar-refractivity contribution in [2.45, 2.75) is 25.3 Å². The molecule has 1 aliphatic carbocycles. The van der Waals surface area contributed by atoms with Crippen molar-refractivity contribution in [3.05, 3.63) is 6.33 Å². The number of nitrogens with zero attached hydrogens (tertiary/aromatic N) is 3. The topological polar surface area (TPSA) is 56.7 Å². The fourth-order valence-electron chi connectivity index (χ4n) is 1.20. The minimum Gasteiger partial charge on any atom is -0.368 e. The molecule has 0 saturated heterocycles. The third-order valence-electron chi connectivity index (χ3n) is 2.07. The molecule has 0 aromatic carbocycles. The first kappa shape index (κ1) is 5.70. The van der Waals surface area contributed by atoms with E-state index in [0.29, 0.717) is 12.0 Å². The van der Waals surface area contributed by atoms with E-state index in [1.165, 1.54) is 19.3 Å². The Kier molecular flexibility index (Phi) is 1.12. The molecule has 1 saturated carbocycles. The molecular weight excluding hydrogens is 128 g/mol. The average molecular weight is 138 g/mol. The second-order valence-corrected chi connectivity index (χ2v) is 2.68. The first-order valence-corrected chi connectivity index (χ1v) is 3.53. The Bertz CT molecular complexity index is 225. The molecule has 0 unspecified atom stereocenters. The highest BCUT2D eigenvalue weighted by molar-refractivity contribution is 5.15. The van der Waals surface area contributed by atoms with Crippen LogP contribution in [0.1, 0.15) is 25.3 Å². The first-order chi connectivity index (χ1) is 4.88. The maximum Gasteiger partial charge on any atom is 0.222 e. The van der Waals surface area contributed by atoms with Gasteiger partial charge in [0.15, 0.2) is 0 Å². The quantitative estimate of drug-likeness (QED) is 0.617. The molecule has 10 heavy (non-hydrogen) atoms. The third kappa shape index (κ3) is 0.683. The minimum atomic E-state index is 0.546. The van der Waals surface area contributed by atoms with Crippen LogP contribution < -0.4 is 5.73 Å². The number of nitrogens with two attached hydrogens (primary N) is 1. The van der Waals surface area contributed by atoms with Gasteiger partial charge in [-0.1, -0.05) is 0 Å². The molecule has 0 spiro atoms. The van der Waals surface area contributed by atoms with E-state index in [1.807, 2.05) is 4.57 Å². The Morgan fingerprint density at radius 2 is 2.40 bits per heavy atom. The number of hydrogen-bond acceptors (Lipinski definition) is 3. The smallest absolute Gasteiger partial charge is 0.222 e. The summed E-state index contributed by atoms with van der Waals surface area (Å²) in [5.74, 6) is 0.546. The number of anilines is 1. The molecule has 2 rings (SSSR count). The van der Waals surface area contributed by atoms with Crippen molar-refractivity contribution in [3.8, 4) is 0 Å². The predicted molar refractivity (Wildman–Crippen MR) is 37.3 cm³/mol. The molecule has 54 valence electrons. The van der Waals surface area contributed by atoms with E-state index >= 15 is 0 Å². The molecular formula is C6H10N4. The van der Waals surface area contributed by atoms with Crippen LogP contribution in [0.2, 0.25) is 0 Å². The molecule has 1 fully saturated rings. The van der Waals surface area contributed by atoms with E-state index in [4.69, 9.17) is 5.73 Å². The number of rotatable bonds is 1. The lowest BCUT2D eigenvalue weighted by molar-refractivity contribution is 0.316. The molecule has 0 bridgehead atoms. The van der Waals surface area contributed by atoms with Gasteiger partial charge < -0.3 is 5.73 Å². The maximum absolute atomic E-state index is 5.54. The highest BCUT2D eigenvalue weighted by atomic mass is 15.3. The molecule has 1 heterocycles. The molecule has 0 atom stereocenters. The second-order valence-electron chi connectivity index (χ2n) is 2.68. The van der Waals surface area contributed by atoms with Gasteiger partial charge in [-0.25, -0.2) is 0 Å². The highest BCUT2D eigenvalue weighted by Crippen LogP contribution is 2.32. The molecule has 1 aromatic rings. The summed E-state index contributed by atoms with van der Waals surface area (Å²) in [5.41, 5.74) is 5.54. The lowest BCUT2D eigenvalue weighted by atomic mass is 9.93. The molecule has 4 nitrogen and oxygen atoms in total. The lowest BCUT2D eigenvalue weighted by Crippen LogP contribution is -2.17. The summed E-state index contributed by atoms with van der Waals surface area (Å²) in [6, 6.07) is 0.579. The van der Waals surface area contributed by atoms with Gasteiger partial charge in [0.05, 0.1) is 0 Å². The van der Waals surface area contributed by atoms with E-state index in [-0.39, 0.29) is 0 Å². The van der Waals surface area contributed by atoms with Crippen molar-refractivity contribution >= 4 is 5.95 Å². The summed E-state index contributed by atoms with van der Waals surface area (Å²) in [5, 5.41) is 7.42. The fourth-order valence-corrected chi connectivity index (χ4v) is 1.20. The van der Waals surface area contributed by atoms with Gasteiger partial charge in [-0.3, -0.25) is 4.57 Å². The number of hydrogen-bond donors (Lipinski definition) is 1. The van der Waals surface area contributed by atoms with Crippen LogP contribution in [0.25, 0.3) is 0 Å². The molecule has 4 heteroatoms. The van der Waals surface area contributed by atoms with Crippen LogP contribution in [0, 0.1) is 0 Å². The molecule has 0 amide bonds.